The SMILES string of the molecule is COc1cc(/C=C2\C(=O)NC(=S)N(c3cccc(C)c3C)C2=O)ccc1OCc1ccc(I)cc1. The smallest absolute Gasteiger partial charge is 0.270 e. The summed E-state index contributed by atoms with van der Waals surface area (Å²) in [5.41, 5.74) is 4.21. The molecule has 0 aliphatic carbocycles. The molecule has 178 valence electrons. The number of carbonyl (C=O) groups excluding carboxylic acids is 2. The lowest BCUT2D eigenvalue weighted by molar-refractivity contribution is -0.122. The molecule has 6 nitrogen and oxygen atoms in total. The van der Waals surface area contributed by atoms with Crippen LogP contribution in [0.2, 0.25) is 0 Å². The van der Waals surface area contributed by atoms with Crippen LogP contribution >= 0.6 is 34.8 Å². The van der Waals surface area contributed by atoms with Gasteiger partial charge in [0, 0.05) is 3.57 Å². The van der Waals surface area contributed by atoms with Gasteiger partial charge >= 0.3 is 0 Å². The Balaban J connectivity index is 1.61. The Kier molecular flexibility index (Phi) is 7.51. The van der Waals surface area contributed by atoms with Crippen LogP contribution in [-0.2, 0) is 16.2 Å². The minimum absolute atomic E-state index is 0.0193. The van der Waals surface area contributed by atoms with Gasteiger partial charge in [0.05, 0.1) is 12.8 Å². The lowest BCUT2D eigenvalue weighted by atomic mass is 10.0. The number of anilines is 1. The predicted molar refractivity (Wildman–Crippen MR) is 149 cm³/mol. The van der Waals surface area contributed by atoms with Gasteiger partial charge in [-0.15, -0.1) is 0 Å². The molecule has 1 aliphatic heterocycles. The molecule has 0 radical (unpaired) electrons. The summed E-state index contributed by atoms with van der Waals surface area (Å²) >= 11 is 7.58. The summed E-state index contributed by atoms with van der Waals surface area (Å²) in [6.07, 6.45) is 1.53. The fourth-order valence-corrected chi connectivity index (χ4v) is 4.29. The second-order valence-corrected chi connectivity index (χ2v) is 9.63. The molecular formula is C27H23IN2O4S. The topological polar surface area (TPSA) is 67.9 Å². The number of thiocarbonyl (C=S) groups is 1. The zero-order chi connectivity index (χ0) is 25.1. The molecule has 0 atom stereocenters. The van der Waals surface area contributed by atoms with Gasteiger partial charge < -0.3 is 9.47 Å². The average molecular weight is 598 g/mol. The highest BCUT2D eigenvalue weighted by Crippen LogP contribution is 2.31. The van der Waals surface area contributed by atoms with Gasteiger partial charge in [-0.1, -0.05) is 30.3 Å². The third-order valence-electron chi connectivity index (χ3n) is 5.72. The van der Waals surface area contributed by atoms with Crippen molar-refractivity contribution in [1.29, 1.82) is 0 Å². The third kappa shape index (κ3) is 5.38. The molecule has 0 bridgehead atoms. The highest BCUT2D eigenvalue weighted by Gasteiger charge is 2.35. The Morgan fingerprint density at radius 1 is 1.03 bits per heavy atom. The van der Waals surface area contributed by atoms with Crippen LogP contribution in [0.15, 0.2) is 66.2 Å². The summed E-state index contributed by atoms with van der Waals surface area (Å²) < 4.78 is 12.6. The molecule has 1 fully saturated rings. The number of ether oxygens (including phenoxy) is 2. The first-order valence-corrected chi connectivity index (χ1v) is 12.3. The number of halogens is 1. The molecule has 4 rings (SSSR count). The highest BCUT2D eigenvalue weighted by atomic mass is 127. The van der Waals surface area contributed by atoms with Crippen LogP contribution in [-0.4, -0.2) is 24.0 Å². The summed E-state index contributed by atoms with van der Waals surface area (Å²) in [5, 5.41) is 2.69. The quantitative estimate of drug-likeness (QED) is 0.180. The van der Waals surface area contributed by atoms with Crippen molar-refractivity contribution in [2.24, 2.45) is 0 Å². The Hall–Kier alpha value is -3.24. The molecule has 0 spiro atoms. The van der Waals surface area contributed by atoms with E-state index < -0.39 is 11.8 Å². The zero-order valence-electron chi connectivity index (χ0n) is 19.4. The van der Waals surface area contributed by atoms with E-state index >= 15 is 0 Å². The molecule has 0 unspecified atom stereocenters. The van der Waals surface area contributed by atoms with Gasteiger partial charge in [0.1, 0.15) is 12.2 Å². The molecule has 2 amide bonds. The van der Waals surface area contributed by atoms with Gasteiger partial charge in [-0.3, -0.25) is 19.8 Å². The summed E-state index contributed by atoms with van der Waals surface area (Å²) in [7, 11) is 1.54. The van der Waals surface area contributed by atoms with Crippen molar-refractivity contribution in [1.82, 2.24) is 5.32 Å². The van der Waals surface area contributed by atoms with Crippen LogP contribution < -0.4 is 19.7 Å². The molecule has 8 heteroatoms. The van der Waals surface area contributed by atoms with E-state index in [-0.39, 0.29) is 10.7 Å². The van der Waals surface area contributed by atoms with E-state index in [0.717, 1.165) is 20.3 Å². The van der Waals surface area contributed by atoms with E-state index in [0.29, 0.717) is 29.4 Å². The van der Waals surface area contributed by atoms with Gasteiger partial charge in [-0.2, -0.15) is 0 Å². The van der Waals surface area contributed by atoms with Gasteiger partial charge in [-0.25, -0.2) is 0 Å². The number of carbonyl (C=O) groups is 2. The molecule has 0 aromatic heterocycles. The largest absolute Gasteiger partial charge is 0.493 e. The van der Waals surface area contributed by atoms with E-state index in [1.807, 2.05) is 56.3 Å². The van der Waals surface area contributed by atoms with Crippen molar-refractivity contribution in [3.05, 3.63) is 92.1 Å². The van der Waals surface area contributed by atoms with Gasteiger partial charge in [-0.05, 0) is 107 Å². The molecular weight excluding hydrogens is 575 g/mol. The molecule has 3 aromatic rings. The van der Waals surface area contributed by atoms with E-state index in [2.05, 4.69) is 27.9 Å². The first kappa shape index (κ1) is 24.9. The number of rotatable bonds is 6. The van der Waals surface area contributed by atoms with Crippen LogP contribution in [0.1, 0.15) is 22.3 Å². The fraction of sp³-hybridized carbons (Fsp3) is 0.148. The molecule has 1 heterocycles. The third-order valence-corrected chi connectivity index (χ3v) is 6.73. The lowest BCUT2D eigenvalue weighted by Gasteiger charge is -2.30. The summed E-state index contributed by atoms with van der Waals surface area (Å²) in [5.74, 6) is 0.0336. The first-order valence-electron chi connectivity index (χ1n) is 10.8. The summed E-state index contributed by atoms with van der Waals surface area (Å²) in [6, 6.07) is 18.9. The van der Waals surface area contributed by atoms with Crippen LogP contribution in [0.5, 0.6) is 11.5 Å². The minimum Gasteiger partial charge on any atom is -0.493 e. The first-order chi connectivity index (χ1) is 16.8. The maximum absolute atomic E-state index is 13.4. The van der Waals surface area contributed by atoms with Crippen LogP contribution in [0.4, 0.5) is 5.69 Å². The predicted octanol–water partition coefficient (Wildman–Crippen LogP) is 5.33. The lowest BCUT2D eigenvalue weighted by Crippen LogP contribution is -2.54. The van der Waals surface area contributed by atoms with E-state index in [4.69, 9.17) is 21.7 Å². The Bertz CT molecular complexity index is 1350. The van der Waals surface area contributed by atoms with Gasteiger partial charge in [0.25, 0.3) is 11.8 Å². The van der Waals surface area contributed by atoms with Crippen molar-refractivity contribution in [3.63, 3.8) is 0 Å². The number of hydrogen-bond acceptors (Lipinski definition) is 5. The standard InChI is InChI=1S/C27H23IN2O4S/c1-16-5-4-6-22(17(16)2)30-26(32)21(25(31)29-27(30)35)13-19-9-12-23(24(14-19)33-3)34-15-18-7-10-20(28)11-8-18/h4-14H,15H2,1-3H3,(H,29,31,35)/b21-13+. The van der Waals surface area contributed by atoms with Crippen molar-refractivity contribution in [3.8, 4) is 11.5 Å². The Morgan fingerprint density at radius 2 is 1.77 bits per heavy atom. The van der Waals surface area contributed by atoms with Gasteiger partial charge in [0.15, 0.2) is 16.6 Å². The second-order valence-electron chi connectivity index (χ2n) is 8.00. The second kappa shape index (κ2) is 10.6. The van der Waals surface area contributed by atoms with E-state index in [1.165, 1.54) is 11.0 Å². The van der Waals surface area contributed by atoms with E-state index in [9.17, 15) is 9.59 Å². The molecule has 1 N–H and O–H groups in total. The Morgan fingerprint density at radius 3 is 2.49 bits per heavy atom. The number of nitrogens with zero attached hydrogens (tertiary/aromatic N) is 1. The summed E-state index contributed by atoms with van der Waals surface area (Å²) in [6.45, 7) is 4.26. The molecule has 3 aromatic carbocycles. The van der Waals surface area contributed by atoms with Crippen molar-refractivity contribution in [2.75, 3.05) is 12.0 Å². The Labute approximate surface area is 223 Å². The monoisotopic (exact) mass is 598 g/mol. The van der Waals surface area contributed by atoms with Gasteiger partial charge in [0.2, 0.25) is 0 Å². The average Bonchev–Trinajstić information content (AvgIpc) is 2.84. The summed E-state index contributed by atoms with van der Waals surface area (Å²) in [4.78, 5) is 27.4. The molecule has 35 heavy (non-hydrogen) atoms. The molecule has 0 saturated carbocycles. The van der Waals surface area contributed by atoms with Crippen LogP contribution in [0.3, 0.4) is 0 Å². The number of amides is 2. The number of benzene rings is 3. The number of hydrogen-bond donors (Lipinski definition) is 1. The van der Waals surface area contributed by atoms with Crippen molar-refractivity contribution < 1.29 is 19.1 Å². The van der Waals surface area contributed by atoms with Crippen molar-refractivity contribution >= 4 is 63.5 Å². The normalized spacial score (nSPS) is 14.8. The van der Waals surface area contributed by atoms with E-state index in [1.54, 1.807) is 25.3 Å². The highest BCUT2D eigenvalue weighted by molar-refractivity contribution is 14.1. The van der Waals surface area contributed by atoms with Crippen LogP contribution in [0.25, 0.3) is 6.08 Å². The minimum atomic E-state index is -0.542. The molecule has 1 aliphatic rings. The maximum Gasteiger partial charge on any atom is 0.270 e. The number of methoxy groups -OCH3 is 1. The maximum atomic E-state index is 13.4. The number of aryl methyl sites for hydroxylation is 1. The fourth-order valence-electron chi connectivity index (χ4n) is 3.66. The number of nitrogens with one attached hydrogen (secondary N) is 1. The van der Waals surface area contributed by atoms with Crippen LogP contribution in [0, 0.1) is 17.4 Å². The zero-order valence-corrected chi connectivity index (χ0v) is 22.4. The molecule has 1 saturated heterocycles. The van der Waals surface area contributed by atoms with Crippen molar-refractivity contribution in [2.45, 2.75) is 20.5 Å².